The Bertz CT molecular complexity index is 701. The summed E-state index contributed by atoms with van der Waals surface area (Å²) in [6, 6.07) is 9.28. The van der Waals surface area contributed by atoms with Crippen molar-refractivity contribution in [2.45, 2.75) is 58.1 Å². The third kappa shape index (κ3) is 5.90. The fraction of sp³-hybridized carbons (Fsp3) is 0.450. The fourth-order valence-electron chi connectivity index (χ4n) is 2.88. The number of carbonyl (C=O) groups is 3. The van der Waals surface area contributed by atoms with E-state index in [-0.39, 0.29) is 6.61 Å². The van der Waals surface area contributed by atoms with Gasteiger partial charge in [-0.2, -0.15) is 0 Å². The lowest BCUT2D eigenvalue weighted by molar-refractivity contribution is -0.293. The largest absolute Gasteiger partial charge is 0.456 e. The van der Waals surface area contributed by atoms with Crippen molar-refractivity contribution in [3.63, 3.8) is 0 Å². The molecule has 0 unspecified atom stereocenters. The predicted octanol–water partition coefficient (Wildman–Crippen LogP) is 1.91. The molecule has 1 aliphatic rings. The molecule has 8 nitrogen and oxygen atoms in total. The summed E-state index contributed by atoms with van der Waals surface area (Å²) in [5, 5.41) is 0. The van der Waals surface area contributed by atoms with Gasteiger partial charge in [0.05, 0.1) is 6.61 Å². The first-order valence-corrected chi connectivity index (χ1v) is 8.77. The third-order valence-electron chi connectivity index (χ3n) is 3.93. The molecule has 0 aromatic heterocycles. The normalized spacial score (nSPS) is 26.8. The van der Waals surface area contributed by atoms with Crippen LogP contribution in [0.25, 0.3) is 0 Å². The van der Waals surface area contributed by atoms with E-state index < -0.39 is 48.6 Å². The number of rotatable bonds is 7. The summed E-state index contributed by atoms with van der Waals surface area (Å²) in [7, 11) is 0. The molecule has 0 saturated carbocycles. The van der Waals surface area contributed by atoms with Crippen LogP contribution in [0.15, 0.2) is 43.0 Å². The Morgan fingerprint density at radius 3 is 2.04 bits per heavy atom. The molecule has 152 valence electrons. The maximum absolute atomic E-state index is 11.6. The average Bonchev–Trinajstić information content (AvgIpc) is 2.62. The summed E-state index contributed by atoms with van der Waals surface area (Å²) in [6.07, 6.45) is -3.69. The van der Waals surface area contributed by atoms with Crippen molar-refractivity contribution in [3.05, 3.63) is 48.6 Å². The lowest BCUT2D eigenvalue weighted by Gasteiger charge is -2.43. The number of hydrogen-bond donors (Lipinski definition) is 0. The number of hydrogen-bond acceptors (Lipinski definition) is 8. The van der Waals surface area contributed by atoms with Crippen LogP contribution in [-0.2, 0) is 44.7 Å². The zero-order chi connectivity index (χ0) is 20.7. The van der Waals surface area contributed by atoms with Crippen molar-refractivity contribution < 1.29 is 38.1 Å². The smallest absolute Gasteiger partial charge is 0.305 e. The molecule has 0 aliphatic carbocycles. The van der Waals surface area contributed by atoms with Crippen LogP contribution in [0.5, 0.6) is 0 Å². The third-order valence-corrected chi connectivity index (χ3v) is 3.93. The summed E-state index contributed by atoms with van der Waals surface area (Å²) in [4.78, 5) is 34.8. The maximum Gasteiger partial charge on any atom is 0.305 e. The Morgan fingerprint density at radius 1 is 0.929 bits per heavy atom. The van der Waals surface area contributed by atoms with Gasteiger partial charge in [0.2, 0.25) is 6.29 Å². The van der Waals surface area contributed by atoms with E-state index in [4.69, 9.17) is 23.7 Å². The number of ether oxygens (including phenoxy) is 5. The molecule has 28 heavy (non-hydrogen) atoms. The minimum absolute atomic E-state index is 0.150. The van der Waals surface area contributed by atoms with Gasteiger partial charge in [-0.1, -0.05) is 36.4 Å². The highest BCUT2D eigenvalue weighted by atomic mass is 16.7. The zero-order valence-electron chi connectivity index (χ0n) is 16.0. The van der Waals surface area contributed by atoms with Gasteiger partial charge in [0.25, 0.3) is 0 Å². The molecular formula is C20H24O8. The van der Waals surface area contributed by atoms with Gasteiger partial charge in [-0.25, -0.2) is 0 Å². The highest BCUT2D eigenvalue weighted by Crippen LogP contribution is 2.30. The van der Waals surface area contributed by atoms with Crippen LogP contribution >= 0.6 is 0 Å². The van der Waals surface area contributed by atoms with Gasteiger partial charge in [-0.05, 0) is 5.56 Å². The van der Waals surface area contributed by atoms with E-state index in [1.165, 1.54) is 26.8 Å². The van der Waals surface area contributed by atoms with E-state index in [9.17, 15) is 14.4 Å². The second kappa shape index (κ2) is 10.0. The number of esters is 3. The molecule has 1 fully saturated rings. The van der Waals surface area contributed by atoms with Crippen LogP contribution < -0.4 is 0 Å². The molecule has 0 bridgehead atoms. The van der Waals surface area contributed by atoms with E-state index in [0.29, 0.717) is 0 Å². The molecule has 2 rings (SSSR count). The Morgan fingerprint density at radius 2 is 1.50 bits per heavy atom. The summed E-state index contributed by atoms with van der Waals surface area (Å²) in [6.45, 7) is 7.48. The van der Waals surface area contributed by atoms with E-state index in [0.717, 1.165) is 5.56 Å². The van der Waals surface area contributed by atoms with Crippen molar-refractivity contribution >= 4 is 17.9 Å². The SMILES string of the molecule is C=C[C@@H]1O[C@H](OC(C)=O)[C@H](OC(C)=O)[C@@H](OCc2ccccc2)[C@@H]1OC(C)=O. The van der Waals surface area contributed by atoms with Crippen molar-refractivity contribution in [2.24, 2.45) is 0 Å². The second-order valence-corrected chi connectivity index (χ2v) is 6.22. The van der Waals surface area contributed by atoms with E-state index in [2.05, 4.69) is 6.58 Å². The highest BCUT2D eigenvalue weighted by Gasteiger charge is 2.51. The number of carbonyl (C=O) groups excluding carboxylic acids is 3. The molecule has 1 aliphatic heterocycles. The predicted molar refractivity (Wildman–Crippen MR) is 96.8 cm³/mol. The quantitative estimate of drug-likeness (QED) is 0.394. The maximum atomic E-state index is 11.6. The minimum Gasteiger partial charge on any atom is -0.456 e. The summed E-state index contributed by atoms with van der Waals surface area (Å²) in [5.41, 5.74) is 0.858. The van der Waals surface area contributed by atoms with Gasteiger partial charge in [0.15, 0.2) is 12.2 Å². The fourth-order valence-corrected chi connectivity index (χ4v) is 2.88. The summed E-state index contributed by atoms with van der Waals surface area (Å²) >= 11 is 0. The Kier molecular flexibility index (Phi) is 7.71. The van der Waals surface area contributed by atoms with Crippen LogP contribution in [0.4, 0.5) is 0 Å². The minimum atomic E-state index is -1.24. The Labute approximate surface area is 163 Å². The molecule has 1 aromatic carbocycles. The van der Waals surface area contributed by atoms with Gasteiger partial charge in [0.1, 0.15) is 12.2 Å². The second-order valence-electron chi connectivity index (χ2n) is 6.22. The average molecular weight is 392 g/mol. The van der Waals surface area contributed by atoms with E-state index in [1.54, 1.807) is 0 Å². The molecule has 5 atom stereocenters. The van der Waals surface area contributed by atoms with Gasteiger partial charge in [-0.3, -0.25) is 14.4 Å². The molecule has 1 aromatic rings. The van der Waals surface area contributed by atoms with Crippen LogP contribution in [0, 0.1) is 0 Å². The van der Waals surface area contributed by atoms with Crippen LogP contribution in [0.2, 0.25) is 0 Å². The number of benzene rings is 1. The van der Waals surface area contributed by atoms with Crippen molar-refractivity contribution in [3.8, 4) is 0 Å². The van der Waals surface area contributed by atoms with Crippen LogP contribution in [-0.4, -0.2) is 48.6 Å². The van der Waals surface area contributed by atoms with Crippen molar-refractivity contribution in [2.75, 3.05) is 0 Å². The first kappa shape index (κ1) is 21.6. The molecule has 0 amide bonds. The molecule has 0 N–H and O–H groups in total. The summed E-state index contributed by atoms with van der Waals surface area (Å²) in [5.74, 6) is -1.82. The Balaban J connectivity index is 2.34. The first-order chi connectivity index (χ1) is 13.3. The Hall–Kier alpha value is -2.71. The van der Waals surface area contributed by atoms with Gasteiger partial charge >= 0.3 is 17.9 Å². The zero-order valence-corrected chi connectivity index (χ0v) is 16.0. The molecule has 0 spiro atoms. The summed E-state index contributed by atoms with van der Waals surface area (Å²) < 4.78 is 27.5. The lowest BCUT2D eigenvalue weighted by Crippen LogP contribution is -2.61. The first-order valence-electron chi connectivity index (χ1n) is 8.77. The topological polar surface area (TPSA) is 97.4 Å². The standard InChI is InChI=1S/C20H24O8/c1-5-16-17(25-12(2)21)18(24-11-15-9-7-6-8-10-15)19(26-13(3)22)20(28-16)27-14(4)23/h5-10,16-20H,1,11H2,2-4H3/t16-,17+,18-,19+,20-/m0/s1. The highest BCUT2D eigenvalue weighted by molar-refractivity contribution is 5.68. The van der Waals surface area contributed by atoms with Gasteiger partial charge in [-0.15, -0.1) is 6.58 Å². The van der Waals surface area contributed by atoms with Crippen LogP contribution in [0.1, 0.15) is 26.3 Å². The monoisotopic (exact) mass is 392 g/mol. The van der Waals surface area contributed by atoms with Crippen molar-refractivity contribution in [1.82, 2.24) is 0 Å². The van der Waals surface area contributed by atoms with Gasteiger partial charge < -0.3 is 23.7 Å². The molecular weight excluding hydrogens is 368 g/mol. The molecule has 1 saturated heterocycles. The van der Waals surface area contributed by atoms with Gasteiger partial charge in [0, 0.05) is 20.8 Å². The van der Waals surface area contributed by atoms with E-state index in [1.807, 2.05) is 30.3 Å². The molecule has 8 heteroatoms. The van der Waals surface area contributed by atoms with Crippen molar-refractivity contribution in [1.29, 1.82) is 0 Å². The molecule has 1 heterocycles. The lowest BCUT2D eigenvalue weighted by atomic mass is 9.97. The molecule has 0 radical (unpaired) electrons. The van der Waals surface area contributed by atoms with E-state index >= 15 is 0 Å². The van der Waals surface area contributed by atoms with Crippen LogP contribution in [0.3, 0.4) is 0 Å².